The highest BCUT2D eigenvalue weighted by Crippen LogP contribution is 2.38. The average molecular weight is 345 g/mol. The van der Waals surface area contributed by atoms with Gasteiger partial charge in [-0.15, -0.1) is 11.8 Å². The van der Waals surface area contributed by atoms with Gasteiger partial charge in [-0.1, -0.05) is 12.1 Å². The van der Waals surface area contributed by atoms with Gasteiger partial charge in [0.15, 0.2) is 0 Å². The number of thioether (sulfide) groups is 1. The van der Waals surface area contributed by atoms with Crippen LogP contribution in [0.15, 0.2) is 52.0 Å². The summed E-state index contributed by atoms with van der Waals surface area (Å²) in [5.41, 5.74) is 0.866. The molecule has 0 spiro atoms. The van der Waals surface area contributed by atoms with E-state index in [4.69, 9.17) is 4.42 Å². The van der Waals surface area contributed by atoms with E-state index in [-0.39, 0.29) is 23.7 Å². The van der Waals surface area contributed by atoms with E-state index < -0.39 is 0 Å². The lowest BCUT2D eigenvalue weighted by Crippen LogP contribution is -2.37. The lowest BCUT2D eigenvalue weighted by molar-refractivity contribution is -0.138. The van der Waals surface area contributed by atoms with Crippen molar-refractivity contribution in [1.29, 1.82) is 0 Å². The van der Waals surface area contributed by atoms with Gasteiger partial charge in [-0.3, -0.25) is 14.5 Å². The highest BCUT2D eigenvalue weighted by molar-refractivity contribution is 8.03. The summed E-state index contributed by atoms with van der Waals surface area (Å²) in [5, 5.41) is 0. The Morgan fingerprint density at radius 2 is 1.83 bits per heavy atom. The molecule has 24 heavy (non-hydrogen) atoms. The first-order valence-corrected chi connectivity index (χ1v) is 8.51. The van der Waals surface area contributed by atoms with Gasteiger partial charge in [0.1, 0.15) is 11.6 Å². The molecule has 3 rings (SSSR count). The third kappa shape index (κ3) is 3.01. The number of imide groups is 1. The summed E-state index contributed by atoms with van der Waals surface area (Å²) in [5.74, 6) is 0.114. The van der Waals surface area contributed by atoms with Crippen LogP contribution in [0.4, 0.5) is 4.39 Å². The SMILES string of the molecule is CC(C)N1C(=O)C(SCc2ccco2)=C(c2ccc(F)cc2)C1=O. The maximum Gasteiger partial charge on any atom is 0.268 e. The van der Waals surface area contributed by atoms with Crippen LogP contribution in [0.1, 0.15) is 25.2 Å². The molecule has 1 aliphatic heterocycles. The maximum absolute atomic E-state index is 13.2. The van der Waals surface area contributed by atoms with E-state index in [0.717, 1.165) is 0 Å². The summed E-state index contributed by atoms with van der Waals surface area (Å²) in [7, 11) is 0. The number of carbonyl (C=O) groups is 2. The van der Waals surface area contributed by atoms with Gasteiger partial charge in [0, 0.05) is 6.04 Å². The van der Waals surface area contributed by atoms with E-state index in [1.807, 2.05) is 6.07 Å². The minimum Gasteiger partial charge on any atom is -0.468 e. The molecule has 0 unspecified atom stereocenters. The molecule has 2 aromatic rings. The Kier molecular flexibility index (Phi) is 4.57. The molecule has 2 amide bonds. The first kappa shape index (κ1) is 16.5. The number of hydrogen-bond acceptors (Lipinski definition) is 4. The summed E-state index contributed by atoms with van der Waals surface area (Å²) >= 11 is 1.26. The Bertz CT molecular complexity index is 794. The molecule has 0 aliphatic carbocycles. The Hall–Kier alpha value is -2.34. The van der Waals surface area contributed by atoms with Crippen LogP contribution in [0.25, 0.3) is 5.57 Å². The zero-order valence-electron chi connectivity index (χ0n) is 13.3. The van der Waals surface area contributed by atoms with Crippen molar-refractivity contribution in [2.45, 2.75) is 25.6 Å². The van der Waals surface area contributed by atoms with Crippen molar-refractivity contribution < 1.29 is 18.4 Å². The second-order valence-corrected chi connectivity index (χ2v) is 6.64. The number of amides is 2. The zero-order valence-corrected chi connectivity index (χ0v) is 14.1. The lowest BCUT2D eigenvalue weighted by atomic mass is 10.1. The van der Waals surface area contributed by atoms with Gasteiger partial charge in [-0.2, -0.15) is 0 Å². The van der Waals surface area contributed by atoms with E-state index in [2.05, 4.69) is 0 Å². The number of carbonyl (C=O) groups excluding carboxylic acids is 2. The molecule has 1 aromatic heterocycles. The Labute approximate surface area is 143 Å². The number of rotatable bonds is 5. The molecule has 0 fully saturated rings. The Balaban J connectivity index is 1.99. The molecule has 1 aromatic carbocycles. The summed E-state index contributed by atoms with van der Waals surface area (Å²) in [6.07, 6.45) is 1.56. The van der Waals surface area contributed by atoms with Crippen molar-refractivity contribution in [3.63, 3.8) is 0 Å². The molecule has 0 saturated carbocycles. The van der Waals surface area contributed by atoms with E-state index >= 15 is 0 Å². The minimum absolute atomic E-state index is 0.248. The molecule has 0 N–H and O–H groups in total. The second kappa shape index (κ2) is 6.65. The van der Waals surface area contributed by atoms with Gasteiger partial charge in [0.2, 0.25) is 0 Å². The van der Waals surface area contributed by atoms with E-state index in [1.54, 1.807) is 26.2 Å². The molecular formula is C18H16FNO3S. The number of benzene rings is 1. The van der Waals surface area contributed by atoms with Crippen LogP contribution in [0.3, 0.4) is 0 Å². The van der Waals surface area contributed by atoms with Crippen molar-refractivity contribution >= 4 is 29.1 Å². The fourth-order valence-electron chi connectivity index (χ4n) is 2.54. The molecule has 0 saturated heterocycles. The number of halogens is 1. The summed E-state index contributed by atoms with van der Waals surface area (Å²) in [6, 6.07) is 8.95. The predicted molar refractivity (Wildman–Crippen MR) is 90.3 cm³/mol. The molecule has 0 atom stereocenters. The highest BCUT2D eigenvalue weighted by Gasteiger charge is 2.40. The van der Waals surface area contributed by atoms with Crippen LogP contribution < -0.4 is 0 Å². The first-order chi connectivity index (χ1) is 11.5. The van der Waals surface area contributed by atoms with Crippen LogP contribution in [-0.2, 0) is 15.3 Å². The molecule has 0 radical (unpaired) electrons. The van der Waals surface area contributed by atoms with Gasteiger partial charge in [0.25, 0.3) is 11.8 Å². The van der Waals surface area contributed by atoms with Gasteiger partial charge < -0.3 is 4.42 Å². The fourth-order valence-corrected chi connectivity index (χ4v) is 3.56. The van der Waals surface area contributed by atoms with Crippen molar-refractivity contribution in [3.8, 4) is 0 Å². The smallest absolute Gasteiger partial charge is 0.268 e. The topological polar surface area (TPSA) is 50.5 Å². The fraction of sp³-hybridized carbons (Fsp3) is 0.222. The van der Waals surface area contributed by atoms with E-state index in [1.165, 1.54) is 40.9 Å². The van der Waals surface area contributed by atoms with Gasteiger partial charge in [0.05, 0.1) is 22.5 Å². The third-order valence-electron chi connectivity index (χ3n) is 3.66. The van der Waals surface area contributed by atoms with E-state index in [9.17, 15) is 14.0 Å². The third-order valence-corrected chi connectivity index (χ3v) is 4.76. The molecule has 6 heteroatoms. The first-order valence-electron chi connectivity index (χ1n) is 7.52. The Morgan fingerprint density at radius 3 is 2.42 bits per heavy atom. The average Bonchev–Trinajstić information content (AvgIpc) is 3.13. The predicted octanol–water partition coefficient (Wildman–Crippen LogP) is 3.84. The second-order valence-electron chi connectivity index (χ2n) is 5.65. The van der Waals surface area contributed by atoms with Crippen LogP contribution in [0.2, 0.25) is 0 Å². The Morgan fingerprint density at radius 1 is 1.12 bits per heavy atom. The largest absolute Gasteiger partial charge is 0.468 e. The monoisotopic (exact) mass is 345 g/mol. The van der Waals surface area contributed by atoms with Crippen molar-refractivity contribution in [3.05, 3.63) is 64.7 Å². The van der Waals surface area contributed by atoms with Crippen molar-refractivity contribution in [2.75, 3.05) is 0 Å². The molecule has 4 nitrogen and oxygen atoms in total. The highest BCUT2D eigenvalue weighted by atomic mass is 32.2. The van der Waals surface area contributed by atoms with Crippen LogP contribution in [0.5, 0.6) is 0 Å². The number of hydrogen-bond donors (Lipinski definition) is 0. The number of furan rings is 1. The lowest BCUT2D eigenvalue weighted by Gasteiger charge is -2.19. The summed E-state index contributed by atoms with van der Waals surface area (Å²) < 4.78 is 18.5. The van der Waals surface area contributed by atoms with Gasteiger partial charge in [-0.25, -0.2) is 4.39 Å². The van der Waals surface area contributed by atoms with Crippen LogP contribution in [0, 0.1) is 5.82 Å². The normalized spacial score (nSPS) is 15.1. The van der Waals surface area contributed by atoms with E-state index in [0.29, 0.717) is 27.6 Å². The van der Waals surface area contributed by atoms with Gasteiger partial charge >= 0.3 is 0 Å². The molecule has 2 heterocycles. The maximum atomic E-state index is 13.2. The number of nitrogens with zero attached hydrogens (tertiary/aromatic N) is 1. The summed E-state index contributed by atoms with van der Waals surface area (Å²) in [6.45, 7) is 3.58. The summed E-state index contributed by atoms with van der Waals surface area (Å²) in [4.78, 5) is 27.0. The van der Waals surface area contributed by atoms with Gasteiger partial charge in [-0.05, 0) is 43.7 Å². The zero-order chi connectivity index (χ0) is 17.3. The van der Waals surface area contributed by atoms with Crippen LogP contribution in [-0.4, -0.2) is 22.8 Å². The quantitative estimate of drug-likeness (QED) is 0.773. The molecule has 0 bridgehead atoms. The van der Waals surface area contributed by atoms with Crippen molar-refractivity contribution in [2.24, 2.45) is 0 Å². The molecular weight excluding hydrogens is 329 g/mol. The van der Waals surface area contributed by atoms with Crippen LogP contribution >= 0.6 is 11.8 Å². The molecule has 124 valence electrons. The standard InChI is InChI=1S/C18H16FNO3S/c1-11(2)20-17(21)15(12-5-7-13(19)8-6-12)16(18(20)22)24-10-14-4-3-9-23-14/h3-9,11H,10H2,1-2H3. The minimum atomic E-state index is -0.387. The van der Waals surface area contributed by atoms with Crippen molar-refractivity contribution in [1.82, 2.24) is 4.90 Å². The molecule has 1 aliphatic rings.